The summed E-state index contributed by atoms with van der Waals surface area (Å²) < 4.78 is 39.5. The van der Waals surface area contributed by atoms with Crippen LogP contribution in [0.2, 0.25) is 0 Å². The van der Waals surface area contributed by atoms with Crippen molar-refractivity contribution in [3.63, 3.8) is 0 Å². The maximum Gasteiger partial charge on any atom is 0.411 e. The van der Waals surface area contributed by atoms with Gasteiger partial charge in [-0.25, -0.2) is 0 Å². The molecule has 1 amide bonds. The Labute approximate surface area is 108 Å². The van der Waals surface area contributed by atoms with Crippen molar-refractivity contribution in [2.24, 2.45) is 5.92 Å². The van der Waals surface area contributed by atoms with Crippen LogP contribution in [-0.2, 0) is 14.3 Å². The third kappa shape index (κ3) is 6.42. The quantitative estimate of drug-likeness (QED) is 0.721. The number of ether oxygens (including phenoxy) is 1. The van der Waals surface area contributed by atoms with Crippen LogP contribution in [-0.4, -0.2) is 42.4 Å². The van der Waals surface area contributed by atoms with Crippen LogP contribution < -0.4 is 5.32 Å². The van der Waals surface area contributed by atoms with Gasteiger partial charge in [0.15, 0.2) is 0 Å². The predicted octanol–water partition coefficient (Wildman–Crippen LogP) is 1.32. The maximum atomic E-state index is 11.7. The summed E-state index contributed by atoms with van der Waals surface area (Å²) in [4.78, 5) is 22.1. The molecule has 0 saturated heterocycles. The first-order chi connectivity index (χ1) is 8.78. The molecule has 8 heteroatoms. The highest BCUT2D eigenvalue weighted by molar-refractivity contribution is 5.76. The van der Waals surface area contributed by atoms with E-state index < -0.39 is 30.6 Å². The van der Waals surface area contributed by atoms with Crippen LogP contribution in [0.5, 0.6) is 0 Å². The Balaban J connectivity index is 2.13. The molecule has 1 saturated carbocycles. The van der Waals surface area contributed by atoms with Crippen LogP contribution >= 0.6 is 0 Å². The minimum Gasteiger partial charge on any atom is -0.481 e. The average Bonchev–Trinajstić information content (AvgIpc) is 2.71. The van der Waals surface area contributed by atoms with E-state index in [0.717, 1.165) is 0 Å². The van der Waals surface area contributed by atoms with Crippen molar-refractivity contribution in [3.05, 3.63) is 0 Å². The van der Waals surface area contributed by atoms with Crippen LogP contribution in [0.15, 0.2) is 0 Å². The fourth-order valence-corrected chi connectivity index (χ4v) is 1.99. The SMILES string of the molecule is O=C(CCOCC(F)(F)F)N[C@H]1CC[C@@H](C(=O)O)C1. The van der Waals surface area contributed by atoms with Crippen molar-refractivity contribution in [2.45, 2.75) is 37.9 Å². The van der Waals surface area contributed by atoms with Crippen molar-refractivity contribution < 1.29 is 32.6 Å². The highest BCUT2D eigenvalue weighted by atomic mass is 19.4. The van der Waals surface area contributed by atoms with Gasteiger partial charge in [-0.05, 0) is 19.3 Å². The number of carboxylic acid groups (broad SMARTS) is 1. The molecule has 0 unspecified atom stereocenters. The molecule has 1 fully saturated rings. The van der Waals surface area contributed by atoms with Gasteiger partial charge in [-0.1, -0.05) is 0 Å². The molecule has 0 aliphatic heterocycles. The van der Waals surface area contributed by atoms with Crippen molar-refractivity contribution in [1.29, 1.82) is 0 Å². The van der Waals surface area contributed by atoms with E-state index in [9.17, 15) is 22.8 Å². The van der Waals surface area contributed by atoms with Crippen molar-refractivity contribution >= 4 is 11.9 Å². The summed E-state index contributed by atoms with van der Waals surface area (Å²) in [6.07, 6.45) is -3.11. The van der Waals surface area contributed by atoms with Crippen molar-refractivity contribution in [2.75, 3.05) is 13.2 Å². The van der Waals surface area contributed by atoms with Gasteiger partial charge in [0.05, 0.1) is 12.5 Å². The van der Waals surface area contributed by atoms with Crippen molar-refractivity contribution in [3.8, 4) is 0 Å². The second-order valence-corrected chi connectivity index (χ2v) is 4.53. The lowest BCUT2D eigenvalue weighted by Crippen LogP contribution is -2.34. The zero-order chi connectivity index (χ0) is 14.5. The van der Waals surface area contributed by atoms with Gasteiger partial charge in [0.25, 0.3) is 0 Å². The van der Waals surface area contributed by atoms with Crippen molar-refractivity contribution in [1.82, 2.24) is 5.32 Å². The standard InChI is InChI=1S/C11H16F3NO4/c12-11(13,14)6-19-4-3-9(16)15-8-2-1-7(5-8)10(17)18/h7-8H,1-6H2,(H,15,16)(H,17,18)/t7-,8+/m1/s1. The number of carbonyl (C=O) groups is 2. The van der Waals surface area contributed by atoms with E-state index in [1.165, 1.54) is 0 Å². The summed E-state index contributed by atoms with van der Waals surface area (Å²) in [7, 11) is 0. The lowest BCUT2D eigenvalue weighted by Gasteiger charge is -2.12. The van der Waals surface area contributed by atoms with E-state index in [1.54, 1.807) is 0 Å². The van der Waals surface area contributed by atoms with Gasteiger partial charge < -0.3 is 15.2 Å². The number of alkyl halides is 3. The fraction of sp³-hybridized carbons (Fsp3) is 0.818. The summed E-state index contributed by atoms with van der Waals surface area (Å²) in [6.45, 7) is -1.68. The summed E-state index contributed by atoms with van der Waals surface area (Å²) in [5, 5.41) is 11.4. The molecule has 0 aromatic carbocycles. The van der Waals surface area contributed by atoms with E-state index in [1.807, 2.05) is 0 Å². The average molecular weight is 283 g/mol. The second kappa shape index (κ2) is 6.74. The highest BCUT2D eigenvalue weighted by Crippen LogP contribution is 2.25. The molecular weight excluding hydrogens is 267 g/mol. The summed E-state index contributed by atoms with van der Waals surface area (Å²) >= 11 is 0. The van der Waals surface area contributed by atoms with Gasteiger partial charge in [0.1, 0.15) is 6.61 Å². The van der Waals surface area contributed by atoms with E-state index in [2.05, 4.69) is 10.1 Å². The molecule has 110 valence electrons. The van der Waals surface area contributed by atoms with Gasteiger partial charge in [0, 0.05) is 12.5 Å². The normalized spacial score (nSPS) is 23.3. The highest BCUT2D eigenvalue weighted by Gasteiger charge is 2.30. The first-order valence-corrected chi connectivity index (χ1v) is 5.94. The van der Waals surface area contributed by atoms with Gasteiger partial charge in [-0.2, -0.15) is 13.2 Å². The zero-order valence-electron chi connectivity index (χ0n) is 10.2. The summed E-state index contributed by atoms with van der Waals surface area (Å²) in [6, 6.07) is -0.212. The molecule has 19 heavy (non-hydrogen) atoms. The summed E-state index contributed by atoms with van der Waals surface area (Å²) in [5.74, 6) is -1.75. The summed E-state index contributed by atoms with van der Waals surface area (Å²) in [5.41, 5.74) is 0. The molecule has 0 bridgehead atoms. The number of halogens is 3. The zero-order valence-corrected chi connectivity index (χ0v) is 10.2. The lowest BCUT2D eigenvalue weighted by atomic mass is 10.1. The predicted molar refractivity (Wildman–Crippen MR) is 58.4 cm³/mol. The number of nitrogens with one attached hydrogen (secondary N) is 1. The second-order valence-electron chi connectivity index (χ2n) is 4.53. The minimum absolute atomic E-state index is 0.162. The van der Waals surface area contributed by atoms with E-state index >= 15 is 0 Å². The monoisotopic (exact) mass is 283 g/mol. The van der Waals surface area contributed by atoms with Crippen LogP contribution in [0.4, 0.5) is 13.2 Å². The molecule has 1 rings (SSSR count). The van der Waals surface area contributed by atoms with Crippen LogP contribution in [0.3, 0.4) is 0 Å². The third-order valence-corrected chi connectivity index (χ3v) is 2.89. The number of aliphatic carboxylic acids is 1. The van der Waals surface area contributed by atoms with E-state index in [-0.39, 0.29) is 19.1 Å². The van der Waals surface area contributed by atoms with Crippen LogP contribution in [0.1, 0.15) is 25.7 Å². The number of hydrogen-bond acceptors (Lipinski definition) is 3. The fourth-order valence-electron chi connectivity index (χ4n) is 1.99. The van der Waals surface area contributed by atoms with Gasteiger partial charge in [-0.3, -0.25) is 9.59 Å². The first-order valence-electron chi connectivity index (χ1n) is 5.94. The Hall–Kier alpha value is -1.31. The number of carboxylic acids is 1. The topological polar surface area (TPSA) is 75.6 Å². The Morgan fingerprint density at radius 3 is 2.53 bits per heavy atom. The molecule has 2 N–H and O–H groups in total. The largest absolute Gasteiger partial charge is 0.481 e. The third-order valence-electron chi connectivity index (χ3n) is 2.89. The molecular formula is C11H16F3NO4. The Kier molecular flexibility index (Phi) is 5.59. The van der Waals surface area contributed by atoms with Gasteiger partial charge in [0.2, 0.25) is 5.91 Å². The smallest absolute Gasteiger partial charge is 0.411 e. The first kappa shape index (κ1) is 15.7. The Morgan fingerprint density at radius 1 is 1.32 bits per heavy atom. The molecule has 1 aliphatic carbocycles. The molecule has 0 heterocycles. The van der Waals surface area contributed by atoms with E-state index in [4.69, 9.17) is 5.11 Å². The molecule has 0 aromatic rings. The van der Waals surface area contributed by atoms with E-state index in [0.29, 0.717) is 19.3 Å². The number of rotatable bonds is 6. The number of carbonyl (C=O) groups excluding carboxylic acids is 1. The molecule has 0 radical (unpaired) electrons. The van der Waals surface area contributed by atoms with Crippen LogP contribution in [0, 0.1) is 5.92 Å². The Bertz CT molecular complexity index is 332. The maximum absolute atomic E-state index is 11.7. The molecule has 5 nitrogen and oxygen atoms in total. The van der Waals surface area contributed by atoms with Gasteiger partial charge >= 0.3 is 12.1 Å². The molecule has 2 atom stereocenters. The molecule has 1 aliphatic rings. The van der Waals surface area contributed by atoms with Crippen LogP contribution in [0.25, 0.3) is 0 Å². The molecule has 0 spiro atoms. The molecule has 0 aromatic heterocycles. The number of amides is 1. The van der Waals surface area contributed by atoms with Gasteiger partial charge in [-0.15, -0.1) is 0 Å². The number of hydrogen-bond donors (Lipinski definition) is 2. The Morgan fingerprint density at radius 2 is 2.00 bits per heavy atom. The minimum atomic E-state index is -4.39. The lowest BCUT2D eigenvalue weighted by molar-refractivity contribution is -0.174.